The van der Waals surface area contributed by atoms with Crippen LogP contribution in [-0.4, -0.2) is 37.4 Å². The molecule has 0 saturated carbocycles. The van der Waals surface area contributed by atoms with Crippen LogP contribution in [0, 0.1) is 0 Å². The standard InChI is InChI=1S/C10H9Cl2N3O5S2/c1-21(16,17)14-10-2-3-13-15(10)8-4-7(12)9(5-6(8)11)22(18,19)20/h2-5,14H,1H3,(H,18,19,20). The van der Waals surface area contributed by atoms with Crippen molar-refractivity contribution in [3.63, 3.8) is 0 Å². The topological polar surface area (TPSA) is 118 Å². The molecule has 120 valence electrons. The average molecular weight is 386 g/mol. The first-order chi connectivity index (χ1) is 9.99. The molecule has 0 unspecified atom stereocenters. The zero-order chi connectivity index (χ0) is 16.7. The van der Waals surface area contributed by atoms with Crippen molar-refractivity contribution in [3.05, 3.63) is 34.4 Å². The third-order valence-corrected chi connectivity index (χ3v) is 4.64. The Labute approximate surface area is 136 Å². The fourth-order valence-corrected chi connectivity index (χ4v) is 3.51. The Morgan fingerprint density at radius 3 is 2.36 bits per heavy atom. The van der Waals surface area contributed by atoms with Crippen molar-refractivity contribution < 1.29 is 21.4 Å². The van der Waals surface area contributed by atoms with Crippen LogP contribution in [0.25, 0.3) is 5.69 Å². The van der Waals surface area contributed by atoms with Gasteiger partial charge in [-0.15, -0.1) is 0 Å². The molecular weight excluding hydrogens is 377 g/mol. The summed E-state index contributed by atoms with van der Waals surface area (Å²) in [5.41, 5.74) is 0.134. The number of halogens is 2. The highest BCUT2D eigenvalue weighted by atomic mass is 35.5. The second-order valence-electron chi connectivity index (χ2n) is 4.21. The molecule has 22 heavy (non-hydrogen) atoms. The summed E-state index contributed by atoms with van der Waals surface area (Å²) in [5, 5.41) is 3.51. The third-order valence-electron chi connectivity index (χ3n) is 2.44. The van der Waals surface area contributed by atoms with Gasteiger partial charge in [0.05, 0.1) is 28.2 Å². The molecule has 2 rings (SSSR count). The summed E-state index contributed by atoms with van der Waals surface area (Å²) in [6, 6.07) is 3.47. The van der Waals surface area contributed by atoms with Crippen molar-refractivity contribution in [2.24, 2.45) is 0 Å². The molecule has 1 aromatic carbocycles. The van der Waals surface area contributed by atoms with Gasteiger partial charge in [0, 0.05) is 6.07 Å². The second kappa shape index (κ2) is 5.70. The number of aromatic nitrogens is 2. The van der Waals surface area contributed by atoms with Crippen LogP contribution in [0.3, 0.4) is 0 Å². The van der Waals surface area contributed by atoms with Crippen molar-refractivity contribution in [2.45, 2.75) is 4.90 Å². The fraction of sp³-hybridized carbons (Fsp3) is 0.100. The average Bonchev–Trinajstić information content (AvgIpc) is 2.75. The largest absolute Gasteiger partial charge is 0.296 e. The Morgan fingerprint density at radius 2 is 1.82 bits per heavy atom. The molecule has 0 amide bonds. The van der Waals surface area contributed by atoms with Crippen LogP contribution in [0.15, 0.2) is 29.3 Å². The number of benzene rings is 1. The number of anilines is 1. The van der Waals surface area contributed by atoms with Crippen LogP contribution >= 0.6 is 23.2 Å². The van der Waals surface area contributed by atoms with Crippen LogP contribution in [0.2, 0.25) is 10.0 Å². The lowest BCUT2D eigenvalue weighted by Gasteiger charge is -2.11. The Hall–Kier alpha value is -1.33. The molecule has 1 heterocycles. The molecular formula is C10H9Cl2N3O5S2. The van der Waals surface area contributed by atoms with Gasteiger partial charge in [0.2, 0.25) is 10.0 Å². The van der Waals surface area contributed by atoms with Crippen LogP contribution in [0.5, 0.6) is 0 Å². The zero-order valence-electron chi connectivity index (χ0n) is 10.9. The fourth-order valence-electron chi connectivity index (χ4n) is 1.64. The smallest absolute Gasteiger partial charge is 0.282 e. The van der Waals surface area contributed by atoms with Crippen LogP contribution < -0.4 is 4.72 Å². The maximum atomic E-state index is 11.3. The Morgan fingerprint density at radius 1 is 1.18 bits per heavy atom. The minimum Gasteiger partial charge on any atom is -0.282 e. The quantitative estimate of drug-likeness (QED) is 0.774. The van der Waals surface area contributed by atoms with Crippen molar-refractivity contribution in [2.75, 3.05) is 11.0 Å². The Balaban J connectivity index is 2.61. The van der Waals surface area contributed by atoms with E-state index in [0.29, 0.717) is 0 Å². The normalized spacial score (nSPS) is 12.4. The van der Waals surface area contributed by atoms with Gasteiger partial charge in [-0.2, -0.15) is 13.5 Å². The van der Waals surface area contributed by atoms with E-state index in [0.717, 1.165) is 23.1 Å². The minimum atomic E-state index is -4.54. The number of hydrogen-bond acceptors (Lipinski definition) is 5. The molecule has 2 aromatic rings. The maximum Gasteiger partial charge on any atom is 0.296 e. The summed E-state index contributed by atoms with van der Waals surface area (Å²) in [6.07, 6.45) is 2.27. The van der Waals surface area contributed by atoms with Crippen molar-refractivity contribution >= 4 is 49.2 Å². The van der Waals surface area contributed by atoms with E-state index in [1.54, 1.807) is 0 Å². The molecule has 8 nitrogen and oxygen atoms in total. The maximum absolute atomic E-state index is 11.3. The number of nitrogens with one attached hydrogen (secondary N) is 1. The molecule has 0 spiro atoms. The van der Waals surface area contributed by atoms with Crippen molar-refractivity contribution in [1.29, 1.82) is 0 Å². The van der Waals surface area contributed by atoms with E-state index in [2.05, 4.69) is 9.82 Å². The van der Waals surface area contributed by atoms with E-state index in [9.17, 15) is 16.8 Å². The lowest BCUT2D eigenvalue weighted by molar-refractivity contribution is 0.483. The van der Waals surface area contributed by atoms with E-state index in [1.807, 2.05) is 0 Å². The molecule has 0 atom stereocenters. The number of rotatable bonds is 4. The van der Waals surface area contributed by atoms with E-state index in [1.165, 1.54) is 12.3 Å². The van der Waals surface area contributed by atoms with Crippen LogP contribution in [-0.2, 0) is 20.1 Å². The van der Waals surface area contributed by atoms with Gasteiger partial charge < -0.3 is 0 Å². The van der Waals surface area contributed by atoms with Crippen LogP contribution in [0.1, 0.15) is 0 Å². The highest BCUT2D eigenvalue weighted by Crippen LogP contribution is 2.32. The van der Waals surface area contributed by atoms with Crippen molar-refractivity contribution in [1.82, 2.24) is 9.78 Å². The third kappa shape index (κ3) is 3.70. The predicted octanol–water partition coefficient (Wildman–Crippen LogP) is 1.80. The van der Waals surface area contributed by atoms with Gasteiger partial charge >= 0.3 is 0 Å². The summed E-state index contributed by atoms with van der Waals surface area (Å²) in [4.78, 5) is -0.562. The summed E-state index contributed by atoms with van der Waals surface area (Å²) >= 11 is 11.8. The molecule has 0 saturated heterocycles. The van der Waals surface area contributed by atoms with E-state index in [4.69, 9.17) is 27.8 Å². The Kier molecular flexibility index (Phi) is 4.42. The monoisotopic (exact) mass is 385 g/mol. The minimum absolute atomic E-state index is 0.0834. The molecule has 12 heteroatoms. The zero-order valence-corrected chi connectivity index (χ0v) is 14.0. The van der Waals surface area contributed by atoms with Crippen LogP contribution in [0.4, 0.5) is 5.82 Å². The van der Waals surface area contributed by atoms with E-state index in [-0.39, 0.29) is 21.6 Å². The summed E-state index contributed by atoms with van der Waals surface area (Å²) < 4.78 is 57.3. The molecule has 2 N–H and O–H groups in total. The molecule has 0 aliphatic carbocycles. The van der Waals surface area contributed by atoms with E-state index < -0.39 is 25.0 Å². The van der Waals surface area contributed by atoms with E-state index >= 15 is 0 Å². The van der Waals surface area contributed by atoms with Gasteiger partial charge in [-0.25, -0.2) is 13.1 Å². The van der Waals surface area contributed by atoms with Gasteiger partial charge in [0.25, 0.3) is 10.1 Å². The summed E-state index contributed by atoms with van der Waals surface area (Å²) in [7, 11) is -8.09. The highest BCUT2D eigenvalue weighted by Gasteiger charge is 2.20. The molecule has 0 fully saturated rings. The molecule has 0 radical (unpaired) electrons. The molecule has 1 aromatic heterocycles. The predicted molar refractivity (Wildman–Crippen MR) is 81.9 cm³/mol. The first kappa shape index (κ1) is 17.0. The molecule has 0 aliphatic rings. The molecule has 0 aliphatic heterocycles. The van der Waals surface area contributed by atoms with Gasteiger partial charge in [-0.3, -0.25) is 9.27 Å². The van der Waals surface area contributed by atoms with Gasteiger partial charge in [-0.1, -0.05) is 23.2 Å². The van der Waals surface area contributed by atoms with Crippen molar-refractivity contribution in [3.8, 4) is 5.69 Å². The van der Waals surface area contributed by atoms with Gasteiger partial charge in [0.15, 0.2) is 0 Å². The van der Waals surface area contributed by atoms with Gasteiger partial charge in [0.1, 0.15) is 10.7 Å². The number of nitrogens with zero attached hydrogens (tertiary/aromatic N) is 2. The number of sulfonamides is 1. The lowest BCUT2D eigenvalue weighted by atomic mass is 10.3. The first-order valence-corrected chi connectivity index (χ1v) is 9.56. The molecule has 0 bridgehead atoms. The first-order valence-electron chi connectivity index (χ1n) is 5.48. The SMILES string of the molecule is CS(=O)(=O)Nc1ccnn1-c1cc(Cl)c(S(=O)(=O)O)cc1Cl. The van der Waals surface area contributed by atoms with Gasteiger partial charge in [-0.05, 0) is 12.1 Å². The summed E-state index contributed by atoms with van der Waals surface area (Å²) in [5.74, 6) is 0.0834. The summed E-state index contributed by atoms with van der Waals surface area (Å²) in [6.45, 7) is 0. The highest BCUT2D eigenvalue weighted by molar-refractivity contribution is 7.92. The lowest BCUT2D eigenvalue weighted by Crippen LogP contribution is -2.14. The second-order valence-corrected chi connectivity index (χ2v) is 8.16. The number of hydrogen-bond donors (Lipinski definition) is 2. The Bertz CT molecular complexity index is 937.